The van der Waals surface area contributed by atoms with Gasteiger partial charge in [0.05, 0.1) is 27.8 Å². The lowest BCUT2D eigenvalue weighted by Gasteiger charge is -2.17. The highest BCUT2D eigenvalue weighted by atomic mass is 32.2. The first-order valence-corrected chi connectivity index (χ1v) is 12.9. The monoisotopic (exact) mass is 496 g/mol. The second-order valence-corrected chi connectivity index (χ2v) is 10.3. The van der Waals surface area contributed by atoms with Crippen LogP contribution in [0.3, 0.4) is 0 Å². The first kappa shape index (κ1) is 23.7. The molecule has 8 nitrogen and oxygen atoms in total. The summed E-state index contributed by atoms with van der Waals surface area (Å²) in [5.74, 6) is 0.713. The Hall–Kier alpha value is -3.47. The van der Waals surface area contributed by atoms with Gasteiger partial charge >= 0.3 is 0 Å². The Morgan fingerprint density at radius 1 is 1.15 bits per heavy atom. The molecule has 10 heteroatoms. The number of nitrogens with one attached hydrogen (secondary N) is 1. The van der Waals surface area contributed by atoms with Crippen LogP contribution in [0.4, 0.5) is 0 Å². The van der Waals surface area contributed by atoms with Crippen molar-refractivity contribution in [3.8, 4) is 5.75 Å². The molecule has 0 saturated carbocycles. The van der Waals surface area contributed by atoms with Crippen LogP contribution in [0.5, 0.6) is 5.75 Å². The fourth-order valence-corrected chi connectivity index (χ4v) is 5.86. The fourth-order valence-electron chi connectivity index (χ4n) is 3.51. The number of rotatable bonds is 9. The van der Waals surface area contributed by atoms with E-state index in [1.807, 2.05) is 31.2 Å². The van der Waals surface area contributed by atoms with E-state index >= 15 is 0 Å². The highest BCUT2D eigenvalue weighted by Crippen LogP contribution is 2.32. The number of nitrogens with zero attached hydrogens (tertiary/aromatic N) is 2. The lowest BCUT2D eigenvalue weighted by Crippen LogP contribution is -2.30. The zero-order valence-corrected chi connectivity index (χ0v) is 20.0. The normalized spacial score (nSPS) is 13.1. The van der Waals surface area contributed by atoms with Crippen molar-refractivity contribution in [2.45, 2.75) is 24.3 Å². The van der Waals surface area contributed by atoms with Gasteiger partial charge in [-0.05, 0) is 55.3 Å². The van der Waals surface area contributed by atoms with E-state index in [0.717, 1.165) is 21.5 Å². The maximum absolute atomic E-state index is 13.2. The third kappa shape index (κ3) is 5.36. The van der Waals surface area contributed by atoms with Crippen LogP contribution in [-0.2, 0) is 16.4 Å². The molecule has 0 radical (unpaired) electrons. The van der Waals surface area contributed by atoms with Crippen molar-refractivity contribution in [3.05, 3.63) is 88.9 Å². The molecule has 0 aliphatic carbocycles. The van der Waals surface area contributed by atoms with Crippen molar-refractivity contribution < 1.29 is 18.4 Å². The van der Waals surface area contributed by atoms with Crippen molar-refractivity contribution >= 4 is 37.4 Å². The van der Waals surface area contributed by atoms with Crippen LogP contribution >= 0.6 is 11.3 Å². The summed E-state index contributed by atoms with van der Waals surface area (Å²) in [6.07, 6.45) is 0.316. The number of oxime groups is 1. The summed E-state index contributed by atoms with van der Waals surface area (Å²) in [7, 11) is -3.81. The number of thiazole rings is 1. The molecule has 1 unspecified atom stereocenters. The molecule has 1 atom stereocenters. The number of nitrogens with two attached hydrogens (primary N) is 1. The molecule has 0 spiro atoms. The van der Waals surface area contributed by atoms with E-state index in [2.05, 4.69) is 9.88 Å². The second-order valence-electron chi connectivity index (χ2n) is 7.49. The van der Waals surface area contributed by atoms with E-state index in [0.29, 0.717) is 23.6 Å². The zero-order chi connectivity index (χ0) is 24.1. The van der Waals surface area contributed by atoms with E-state index in [4.69, 9.17) is 20.7 Å². The predicted octanol–water partition coefficient (Wildman–Crippen LogP) is 4.05. The van der Waals surface area contributed by atoms with Gasteiger partial charge in [0, 0.05) is 5.56 Å². The maximum Gasteiger partial charge on any atom is 0.241 e. The van der Waals surface area contributed by atoms with Crippen LogP contribution in [0.2, 0.25) is 0 Å². The third-order valence-corrected chi connectivity index (χ3v) is 7.73. The number of hydrogen-bond donors (Lipinski definition) is 3. The Labute approximate surface area is 201 Å². The summed E-state index contributed by atoms with van der Waals surface area (Å²) in [5.41, 5.74) is 7.84. The standard InChI is InChI=1S/C24H24N4O4S2/c1-2-32-18-11-12-20-22(15-18)33-24(26-20)21(28-34(30,31)19-9-4-3-5-10-19)14-16-7-6-8-17(13-16)23(25)27-29/h3-13,15,21,28-29H,2,14H2,1H3,(H2,25,27). The molecule has 176 valence electrons. The Balaban J connectivity index is 1.73. The largest absolute Gasteiger partial charge is 0.494 e. The highest BCUT2D eigenvalue weighted by Gasteiger charge is 2.25. The number of sulfonamides is 1. The predicted molar refractivity (Wildman–Crippen MR) is 133 cm³/mol. The van der Waals surface area contributed by atoms with Crippen LogP contribution in [0, 0.1) is 0 Å². The van der Waals surface area contributed by atoms with Crippen LogP contribution < -0.4 is 15.2 Å². The molecule has 1 aromatic heterocycles. The van der Waals surface area contributed by atoms with Crippen molar-refractivity contribution in [1.29, 1.82) is 0 Å². The Bertz CT molecular complexity index is 1420. The summed E-state index contributed by atoms with van der Waals surface area (Å²) in [6, 6.07) is 20.3. The molecule has 0 aliphatic heterocycles. The quantitative estimate of drug-likeness (QED) is 0.139. The maximum atomic E-state index is 13.2. The summed E-state index contributed by atoms with van der Waals surface area (Å²) in [6.45, 7) is 2.46. The molecular weight excluding hydrogens is 472 g/mol. The van der Waals surface area contributed by atoms with Crippen molar-refractivity contribution in [3.63, 3.8) is 0 Å². The lowest BCUT2D eigenvalue weighted by molar-refractivity contribution is 0.318. The van der Waals surface area contributed by atoms with E-state index in [9.17, 15) is 8.42 Å². The minimum absolute atomic E-state index is 0.0216. The van der Waals surface area contributed by atoms with Crippen LogP contribution in [0.1, 0.15) is 29.1 Å². The molecule has 1 heterocycles. The van der Waals surface area contributed by atoms with Crippen molar-refractivity contribution in [2.24, 2.45) is 10.9 Å². The van der Waals surface area contributed by atoms with Crippen molar-refractivity contribution in [1.82, 2.24) is 9.71 Å². The van der Waals surface area contributed by atoms with Gasteiger partial charge in [0.15, 0.2) is 5.84 Å². The van der Waals surface area contributed by atoms with Gasteiger partial charge in [0.1, 0.15) is 10.8 Å². The average Bonchev–Trinajstić information content (AvgIpc) is 3.27. The SMILES string of the molecule is CCOc1ccc2nc(C(Cc3cccc(C(N)=NO)c3)NS(=O)(=O)c3ccccc3)sc2c1. The second kappa shape index (κ2) is 10.2. The van der Waals surface area contributed by atoms with E-state index in [-0.39, 0.29) is 10.7 Å². The Morgan fingerprint density at radius 3 is 2.68 bits per heavy atom. The van der Waals surface area contributed by atoms with Gasteiger partial charge in [-0.1, -0.05) is 41.6 Å². The molecule has 0 saturated heterocycles. The summed E-state index contributed by atoms with van der Waals surface area (Å²) in [4.78, 5) is 4.88. The molecule has 0 amide bonds. The first-order chi connectivity index (χ1) is 16.4. The Kier molecular flexibility index (Phi) is 7.11. The van der Waals surface area contributed by atoms with E-state index in [1.165, 1.54) is 11.3 Å². The molecule has 4 rings (SSSR count). The minimum Gasteiger partial charge on any atom is -0.494 e. The first-order valence-electron chi connectivity index (χ1n) is 10.6. The van der Waals surface area contributed by atoms with Gasteiger partial charge < -0.3 is 15.7 Å². The van der Waals surface area contributed by atoms with Gasteiger partial charge in [0.25, 0.3) is 0 Å². The number of aromatic nitrogens is 1. The van der Waals surface area contributed by atoms with Gasteiger partial charge in [-0.3, -0.25) is 0 Å². The minimum atomic E-state index is -3.81. The number of amidine groups is 1. The van der Waals surface area contributed by atoms with Gasteiger partial charge in [-0.25, -0.2) is 18.1 Å². The van der Waals surface area contributed by atoms with E-state index in [1.54, 1.807) is 48.5 Å². The van der Waals surface area contributed by atoms with Crippen molar-refractivity contribution in [2.75, 3.05) is 6.61 Å². The topological polar surface area (TPSA) is 127 Å². The molecule has 4 aromatic rings. The third-order valence-electron chi connectivity index (χ3n) is 5.11. The molecule has 0 aliphatic rings. The molecule has 0 fully saturated rings. The lowest BCUT2D eigenvalue weighted by atomic mass is 10.0. The van der Waals surface area contributed by atoms with Gasteiger partial charge in [-0.2, -0.15) is 0 Å². The number of benzene rings is 3. The summed E-state index contributed by atoms with van der Waals surface area (Å²) < 4.78 is 35.6. The Morgan fingerprint density at radius 2 is 1.94 bits per heavy atom. The fraction of sp³-hybridized carbons (Fsp3) is 0.167. The van der Waals surface area contributed by atoms with Crippen LogP contribution in [0.25, 0.3) is 10.2 Å². The summed E-state index contributed by atoms with van der Waals surface area (Å²) >= 11 is 1.41. The zero-order valence-electron chi connectivity index (χ0n) is 18.4. The number of fused-ring (bicyclic) bond motifs is 1. The van der Waals surface area contributed by atoms with Crippen LogP contribution in [-0.4, -0.2) is 31.1 Å². The van der Waals surface area contributed by atoms with Gasteiger partial charge in [-0.15, -0.1) is 11.3 Å². The molecule has 34 heavy (non-hydrogen) atoms. The van der Waals surface area contributed by atoms with E-state index < -0.39 is 16.1 Å². The molecule has 3 aromatic carbocycles. The smallest absolute Gasteiger partial charge is 0.241 e. The van der Waals surface area contributed by atoms with Crippen LogP contribution in [0.15, 0.2) is 82.8 Å². The molecule has 4 N–H and O–H groups in total. The molecule has 0 bridgehead atoms. The highest BCUT2D eigenvalue weighted by molar-refractivity contribution is 7.89. The number of ether oxygens (including phenoxy) is 1. The molecular formula is C24H24N4O4S2. The number of hydrogen-bond acceptors (Lipinski definition) is 7. The summed E-state index contributed by atoms with van der Waals surface area (Å²) in [5, 5.41) is 12.7. The van der Waals surface area contributed by atoms with Gasteiger partial charge in [0.2, 0.25) is 10.0 Å². The average molecular weight is 497 g/mol.